The maximum absolute atomic E-state index is 3.93. The smallest absolute Gasteiger partial charge is 0.0482 e. The molecule has 0 bridgehead atoms. The number of hydrogen-bond acceptors (Lipinski definition) is 1. The van der Waals surface area contributed by atoms with E-state index in [1.165, 1.54) is 5.56 Å². The third-order valence-corrected chi connectivity index (χ3v) is 2.15. The minimum atomic E-state index is 0. The molecular formula is C12H19N. The first-order valence-electron chi connectivity index (χ1n) is 4.73. The highest BCUT2D eigenvalue weighted by molar-refractivity contribution is 5.19. The Bertz CT molecular complexity index is 269. The summed E-state index contributed by atoms with van der Waals surface area (Å²) in [7, 11) is 0. The Kier molecular flexibility index (Phi) is 3.56. The monoisotopic (exact) mass is 177 g/mol. The van der Waals surface area contributed by atoms with Gasteiger partial charge in [-0.05, 0) is 18.9 Å². The minimum Gasteiger partial charge on any atom is -0.382 e. The lowest BCUT2D eigenvalue weighted by molar-refractivity contribution is 0.638. The van der Waals surface area contributed by atoms with Gasteiger partial charge in [0.1, 0.15) is 0 Å². The van der Waals surface area contributed by atoms with E-state index in [1.54, 1.807) is 0 Å². The van der Waals surface area contributed by atoms with Crippen LogP contribution in [-0.2, 0) is 0 Å². The molecule has 0 heterocycles. The molecule has 1 aromatic rings. The van der Waals surface area contributed by atoms with Crippen molar-refractivity contribution in [2.75, 3.05) is 0 Å². The number of nitrogens with one attached hydrogen (secondary N) is 1. The summed E-state index contributed by atoms with van der Waals surface area (Å²) in [5.41, 5.74) is 2.40. The molecule has 0 saturated carbocycles. The predicted octanol–water partition coefficient (Wildman–Crippen LogP) is 3.51. The van der Waals surface area contributed by atoms with Gasteiger partial charge >= 0.3 is 0 Å². The fourth-order valence-electron chi connectivity index (χ4n) is 1.23. The zero-order valence-electron chi connectivity index (χ0n) is 8.38. The van der Waals surface area contributed by atoms with Gasteiger partial charge in [-0.15, -0.1) is 0 Å². The summed E-state index contributed by atoms with van der Waals surface area (Å²) >= 11 is 0. The Morgan fingerprint density at radius 2 is 2.08 bits per heavy atom. The van der Waals surface area contributed by atoms with E-state index >= 15 is 0 Å². The molecule has 0 unspecified atom stereocenters. The number of hydrogen-bond donors (Lipinski definition) is 1. The maximum Gasteiger partial charge on any atom is 0.0482 e. The van der Waals surface area contributed by atoms with Crippen LogP contribution in [0, 0.1) is 0 Å². The first-order valence-corrected chi connectivity index (χ1v) is 4.73. The van der Waals surface area contributed by atoms with E-state index < -0.39 is 0 Å². The first-order chi connectivity index (χ1) is 6.24. The summed E-state index contributed by atoms with van der Waals surface area (Å²) in [5, 5.41) is 3.35. The average molecular weight is 177 g/mol. The van der Waals surface area contributed by atoms with Crippen LogP contribution in [0.25, 0.3) is 0 Å². The molecule has 0 radical (unpaired) electrons. The fourth-order valence-corrected chi connectivity index (χ4v) is 1.23. The van der Waals surface area contributed by atoms with E-state index in [0.29, 0.717) is 6.04 Å². The lowest BCUT2D eigenvalue weighted by Crippen LogP contribution is -2.16. The number of rotatable bonds is 4. The molecule has 0 amide bonds. The number of allylic oxidation sites excluding steroid dienone is 1. The van der Waals surface area contributed by atoms with Crippen molar-refractivity contribution in [3.05, 3.63) is 48.2 Å². The van der Waals surface area contributed by atoms with Crippen LogP contribution >= 0.6 is 0 Å². The zero-order chi connectivity index (χ0) is 9.68. The normalized spacial score (nSPS) is 12.2. The Balaban J connectivity index is 0.00000169. The van der Waals surface area contributed by atoms with Crippen LogP contribution in [0.2, 0.25) is 0 Å². The largest absolute Gasteiger partial charge is 0.382 e. The van der Waals surface area contributed by atoms with E-state index in [-0.39, 0.29) is 1.43 Å². The predicted molar refractivity (Wildman–Crippen MR) is 59.5 cm³/mol. The van der Waals surface area contributed by atoms with E-state index in [2.05, 4.69) is 50.0 Å². The van der Waals surface area contributed by atoms with Crippen molar-refractivity contribution in [1.29, 1.82) is 0 Å². The molecule has 1 atom stereocenters. The van der Waals surface area contributed by atoms with Crippen LogP contribution in [-0.4, -0.2) is 0 Å². The number of benzene rings is 1. The molecule has 0 spiro atoms. The molecule has 0 aliphatic rings. The van der Waals surface area contributed by atoms with Crippen molar-refractivity contribution in [1.82, 2.24) is 5.32 Å². The summed E-state index contributed by atoms with van der Waals surface area (Å²) in [6, 6.07) is 10.8. The SMILES string of the molecule is C=C(CC)N[C@H](C)c1ccccc1.[HH]. The van der Waals surface area contributed by atoms with Crippen molar-refractivity contribution in [3.8, 4) is 0 Å². The Morgan fingerprint density at radius 3 is 2.62 bits per heavy atom. The first kappa shape index (κ1) is 9.85. The van der Waals surface area contributed by atoms with Gasteiger partial charge in [-0.3, -0.25) is 0 Å². The second kappa shape index (κ2) is 4.70. The Morgan fingerprint density at radius 1 is 1.46 bits per heavy atom. The summed E-state index contributed by atoms with van der Waals surface area (Å²) in [6.45, 7) is 8.18. The van der Waals surface area contributed by atoms with Gasteiger partial charge in [0, 0.05) is 13.2 Å². The van der Waals surface area contributed by atoms with Crippen LogP contribution in [0.3, 0.4) is 0 Å². The second-order valence-corrected chi connectivity index (χ2v) is 3.23. The quantitative estimate of drug-likeness (QED) is 0.742. The third kappa shape index (κ3) is 2.94. The summed E-state index contributed by atoms with van der Waals surface area (Å²) in [4.78, 5) is 0. The van der Waals surface area contributed by atoms with Gasteiger partial charge in [-0.1, -0.05) is 43.8 Å². The van der Waals surface area contributed by atoms with Crippen molar-refractivity contribution >= 4 is 0 Å². The molecule has 1 nitrogen and oxygen atoms in total. The molecular weight excluding hydrogens is 158 g/mol. The standard InChI is InChI=1S/C12H17N.H2/c1-4-10(2)13-11(3)12-8-6-5-7-9-12;/h5-9,11,13H,2,4H2,1,3H3;1H/t11-;/m1./s1. The summed E-state index contributed by atoms with van der Waals surface area (Å²) < 4.78 is 0. The van der Waals surface area contributed by atoms with Crippen molar-refractivity contribution < 1.29 is 1.43 Å². The summed E-state index contributed by atoms with van der Waals surface area (Å²) in [6.07, 6.45) is 0.983. The van der Waals surface area contributed by atoms with Gasteiger partial charge in [0.25, 0.3) is 0 Å². The highest BCUT2D eigenvalue weighted by atomic mass is 14.9. The van der Waals surface area contributed by atoms with Gasteiger partial charge < -0.3 is 5.32 Å². The van der Waals surface area contributed by atoms with Crippen LogP contribution in [0.15, 0.2) is 42.6 Å². The third-order valence-electron chi connectivity index (χ3n) is 2.15. The van der Waals surface area contributed by atoms with Crippen LogP contribution < -0.4 is 5.32 Å². The molecule has 0 saturated heterocycles. The summed E-state index contributed by atoms with van der Waals surface area (Å²) in [5.74, 6) is 0. The highest BCUT2D eigenvalue weighted by Gasteiger charge is 2.02. The topological polar surface area (TPSA) is 12.0 Å². The van der Waals surface area contributed by atoms with E-state index in [4.69, 9.17) is 0 Å². The molecule has 13 heavy (non-hydrogen) atoms. The van der Waals surface area contributed by atoms with E-state index in [1.807, 2.05) is 6.07 Å². The molecule has 0 fully saturated rings. The molecule has 1 rings (SSSR count). The fraction of sp³-hybridized carbons (Fsp3) is 0.333. The molecule has 0 aliphatic heterocycles. The molecule has 1 heteroatoms. The van der Waals surface area contributed by atoms with Gasteiger partial charge in [-0.25, -0.2) is 0 Å². The second-order valence-electron chi connectivity index (χ2n) is 3.23. The lowest BCUT2D eigenvalue weighted by atomic mass is 10.1. The minimum absolute atomic E-state index is 0. The molecule has 72 valence electrons. The molecule has 1 aromatic carbocycles. The Hall–Kier alpha value is -1.24. The van der Waals surface area contributed by atoms with Gasteiger partial charge in [0.15, 0.2) is 0 Å². The van der Waals surface area contributed by atoms with E-state index in [0.717, 1.165) is 12.1 Å². The van der Waals surface area contributed by atoms with Gasteiger partial charge in [0.05, 0.1) is 0 Å². The van der Waals surface area contributed by atoms with Crippen molar-refractivity contribution in [2.24, 2.45) is 0 Å². The average Bonchev–Trinajstić information content (AvgIpc) is 2.19. The van der Waals surface area contributed by atoms with Crippen molar-refractivity contribution in [3.63, 3.8) is 0 Å². The van der Waals surface area contributed by atoms with Crippen LogP contribution in [0.5, 0.6) is 0 Å². The maximum atomic E-state index is 3.93. The van der Waals surface area contributed by atoms with Crippen molar-refractivity contribution in [2.45, 2.75) is 26.3 Å². The molecule has 0 aromatic heterocycles. The lowest BCUT2D eigenvalue weighted by Gasteiger charge is -2.16. The van der Waals surface area contributed by atoms with Gasteiger partial charge in [0.2, 0.25) is 0 Å². The van der Waals surface area contributed by atoms with Crippen LogP contribution in [0.1, 0.15) is 33.3 Å². The zero-order valence-corrected chi connectivity index (χ0v) is 8.38. The van der Waals surface area contributed by atoms with Crippen LogP contribution in [0.4, 0.5) is 0 Å². The Labute approximate surface area is 82.0 Å². The molecule has 1 N–H and O–H groups in total. The van der Waals surface area contributed by atoms with Gasteiger partial charge in [-0.2, -0.15) is 0 Å². The highest BCUT2D eigenvalue weighted by Crippen LogP contribution is 2.12. The molecule has 0 aliphatic carbocycles. The van der Waals surface area contributed by atoms with E-state index in [9.17, 15) is 0 Å².